The largest absolute Gasteiger partial charge is 0.355 e. The maximum Gasteiger partial charge on any atom is 0.195 e. The van der Waals surface area contributed by atoms with Gasteiger partial charge in [0.1, 0.15) is 0 Å². The topological polar surface area (TPSA) is 20.5 Å². The van der Waals surface area contributed by atoms with Crippen LogP contribution in [0.15, 0.2) is 11.6 Å². The van der Waals surface area contributed by atoms with Crippen LogP contribution in [0.5, 0.6) is 0 Å². The average Bonchev–Trinajstić information content (AvgIpc) is 2.98. The van der Waals surface area contributed by atoms with Gasteiger partial charge in [0.2, 0.25) is 0 Å². The number of aromatic nitrogens is 2. The number of rotatable bonds is 3. The highest BCUT2D eigenvalue weighted by Gasteiger charge is 2.25. The highest BCUT2D eigenvalue weighted by molar-refractivity contribution is 9.08. The molecule has 0 aliphatic carbocycles. The van der Waals surface area contributed by atoms with Crippen LogP contribution >= 0.6 is 27.3 Å². The molecule has 0 N–H and O–H groups in total. The minimum absolute atomic E-state index is 0.809. The van der Waals surface area contributed by atoms with Crippen LogP contribution in [-0.4, -0.2) is 22.5 Å². The molecule has 1 fully saturated rings. The minimum atomic E-state index is 0.809. The Bertz CT molecular complexity index is 552. The molecule has 1 aliphatic heterocycles. The maximum atomic E-state index is 4.81. The first-order valence-corrected chi connectivity index (χ1v) is 8.96. The second kappa shape index (κ2) is 5.44. The van der Waals surface area contributed by atoms with E-state index in [-0.39, 0.29) is 0 Å². The Morgan fingerprint density at radius 2 is 2.16 bits per heavy atom. The van der Waals surface area contributed by atoms with E-state index in [0.29, 0.717) is 0 Å². The number of hydrogen-bond donors (Lipinski definition) is 0. The molecule has 0 atom stereocenters. The highest BCUT2D eigenvalue weighted by Crippen LogP contribution is 2.31. The van der Waals surface area contributed by atoms with Crippen molar-refractivity contribution in [2.75, 3.05) is 18.0 Å². The van der Waals surface area contributed by atoms with Crippen molar-refractivity contribution in [3.8, 4) is 0 Å². The first-order chi connectivity index (χ1) is 9.20. The lowest BCUT2D eigenvalue weighted by Gasteiger charge is -2.34. The fourth-order valence-electron chi connectivity index (χ4n) is 2.98. The van der Waals surface area contributed by atoms with Crippen molar-refractivity contribution in [1.82, 2.24) is 9.38 Å². The zero-order chi connectivity index (χ0) is 13.4. The van der Waals surface area contributed by atoms with E-state index in [0.717, 1.165) is 35.2 Å². The number of alkyl halides is 1. The summed E-state index contributed by atoms with van der Waals surface area (Å²) in [5, 5.41) is 2.97. The SMILES string of the molecule is CC(C)C1CCN(c2nc3sccn3c2CBr)CC1. The van der Waals surface area contributed by atoms with Crippen LogP contribution in [0.2, 0.25) is 0 Å². The second-order valence-electron chi connectivity index (χ2n) is 5.64. The Morgan fingerprint density at radius 1 is 1.42 bits per heavy atom. The second-order valence-corrected chi connectivity index (χ2v) is 7.07. The summed E-state index contributed by atoms with van der Waals surface area (Å²) in [5.74, 6) is 2.88. The predicted octanol–water partition coefficient (Wildman–Crippen LogP) is 4.16. The number of imidazole rings is 1. The van der Waals surface area contributed by atoms with Gasteiger partial charge in [0.15, 0.2) is 10.8 Å². The molecular weight excluding hydrogens is 322 g/mol. The first kappa shape index (κ1) is 13.4. The molecule has 0 saturated carbocycles. The van der Waals surface area contributed by atoms with Gasteiger partial charge in [0, 0.05) is 30.0 Å². The Labute approximate surface area is 126 Å². The van der Waals surface area contributed by atoms with Gasteiger partial charge in [0.25, 0.3) is 0 Å². The van der Waals surface area contributed by atoms with Crippen molar-refractivity contribution in [3.63, 3.8) is 0 Å². The van der Waals surface area contributed by atoms with E-state index in [1.165, 1.54) is 24.4 Å². The summed E-state index contributed by atoms with van der Waals surface area (Å²) in [6.45, 7) is 6.98. The van der Waals surface area contributed by atoms with E-state index in [4.69, 9.17) is 4.98 Å². The summed E-state index contributed by atoms with van der Waals surface area (Å²) in [6, 6.07) is 0. The summed E-state index contributed by atoms with van der Waals surface area (Å²) >= 11 is 5.32. The van der Waals surface area contributed by atoms with E-state index >= 15 is 0 Å². The molecule has 104 valence electrons. The molecule has 19 heavy (non-hydrogen) atoms. The molecule has 0 aromatic carbocycles. The molecule has 1 saturated heterocycles. The fourth-order valence-corrected chi connectivity index (χ4v) is 4.23. The zero-order valence-corrected chi connectivity index (χ0v) is 13.9. The predicted molar refractivity (Wildman–Crippen MR) is 85.5 cm³/mol. The van der Waals surface area contributed by atoms with Gasteiger partial charge in [-0.05, 0) is 24.7 Å². The molecule has 3 heterocycles. The molecule has 0 amide bonds. The number of halogens is 1. The number of nitrogens with zero attached hydrogens (tertiary/aromatic N) is 3. The molecule has 2 aromatic rings. The van der Waals surface area contributed by atoms with Gasteiger partial charge >= 0.3 is 0 Å². The maximum absolute atomic E-state index is 4.81. The molecule has 0 bridgehead atoms. The molecule has 0 unspecified atom stereocenters. The number of thiazole rings is 1. The third-order valence-corrected chi connectivity index (χ3v) is 5.54. The van der Waals surface area contributed by atoms with Gasteiger partial charge in [-0.15, -0.1) is 11.3 Å². The van der Waals surface area contributed by atoms with Gasteiger partial charge < -0.3 is 4.90 Å². The van der Waals surface area contributed by atoms with Crippen LogP contribution in [0.3, 0.4) is 0 Å². The fraction of sp³-hybridized carbons (Fsp3) is 0.643. The number of fused-ring (bicyclic) bond motifs is 1. The van der Waals surface area contributed by atoms with E-state index in [9.17, 15) is 0 Å². The lowest BCUT2D eigenvalue weighted by Crippen LogP contribution is -2.36. The van der Waals surface area contributed by atoms with E-state index in [1.54, 1.807) is 11.3 Å². The molecule has 2 aromatic heterocycles. The van der Waals surface area contributed by atoms with Crippen molar-refractivity contribution < 1.29 is 0 Å². The van der Waals surface area contributed by atoms with Crippen LogP contribution in [0.4, 0.5) is 5.82 Å². The minimum Gasteiger partial charge on any atom is -0.355 e. The van der Waals surface area contributed by atoms with Crippen LogP contribution in [0.1, 0.15) is 32.4 Å². The summed E-state index contributed by atoms with van der Waals surface area (Å²) in [6.07, 6.45) is 4.71. The van der Waals surface area contributed by atoms with Crippen LogP contribution < -0.4 is 4.90 Å². The summed E-state index contributed by atoms with van der Waals surface area (Å²) in [4.78, 5) is 8.39. The third kappa shape index (κ3) is 2.42. The molecule has 3 nitrogen and oxygen atoms in total. The summed E-state index contributed by atoms with van der Waals surface area (Å²) in [5.41, 5.74) is 1.29. The monoisotopic (exact) mass is 341 g/mol. The van der Waals surface area contributed by atoms with Crippen LogP contribution in [0, 0.1) is 11.8 Å². The van der Waals surface area contributed by atoms with Crippen molar-refractivity contribution in [3.05, 3.63) is 17.3 Å². The van der Waals surface area contributed by atoms with E-state index in [1.807, 2.05) is 0 Å². The van der Waals surface area contributed by atoms with Gasteiger partial charge in [-0.3, -0.25) is 4.40 Å². The molecule has 0 radical (unpaired) electrons. The van der Waals surface area contributed by atoms with Crippen LogP contribution in [-0.2, 0) is 5.33 Å². The molecular formula is C14H20BrN3S. The Morgan fingerprint density at radius 3 is 2.79 bits per heavy atom. The van der Waals surface area contributed by atoms with Crippen molar-refractivity contribution in [2.45, 2.75) is 32.0 Å². The van der Waals surface area contributed by atoms with Crippen molar-refractivity contribution in [1.29, 1.82) is 0 Å². The Hall–Kier alpha value is -0.550. The Balaban J connectivity index is 1.83. The zero-order valence-electron chi connectivity index (χ0n) is 11.5. The Kier molecular flexibility index (Phi) is 3.85. The lowest BCUT2D eigenvalue weighted by atomic mass is 9.87. The molecule has 3 rings (SSSR count). The highest BCUT2D eigenvalue weighted by atomic mass is 79.9. The van der Waals surface area contributed by atoms with Crippen LogP contribution in [0.25, 0.3) is 4.96 Å². The first-order valence-electron chi connectivity index (χ1n) is 6.96. The van der Waals surface area contributed by atoms with Crippen molar-refractivity contribution in [2.24, 2.45) is 11.8 Å². The molecule has 1 aliphatic rings. The lowest BCUT2D eigenvalue weighted by molar-refractivity contribution is 0.310. The molecule has 5 heteroatoms. The third-order valence-electron chi connectivity index (χ3n) is 4.25. The summed E-state index contributed by atoms with van der Waals surface area (Å²) in [7, 11) is 0. The number of hydrogen-bond acceptors (Lipinski definition) is 3. The van der Waals surface area contributed by atoms with E-state index in [2.05, 4.69) is 50.7 Å². The average molecular weight is 342 g/mol. The van der Waals surface area contributed by atoms with Gasteiger partial charge in [-0.25, -0.2) is 4.98 Å². The quantitative estimate of drug-likeness (QED) is 0.781. The van der Waals surface area contributed by atoms with Gasteiger partial charge in [-0.2, -0.15) is 0 Å². The summed E-state index contributed by atoms with van der Waals surface area (Å²) < 4.78 is 2.21. The normalized spacial score (nSPS) is 17.8. The van der Waals surface area contributed by atoms with E-state index < -0.39 is 0 Å². The van der Waals surface area contributed by atoms with Gasteiger partial charge in [-0.1, -0.05) is 29.8 Å². The van der Waals surface area contributed by atoms with Gasteiger partial charge in [0.05, 0.1) is 5.69 Å². The smallest absolute Gasteiger partial charge is 0.195 e. The molecule has 0 spiro atoms. The standard InChI is InChI=1S/C14H20BrN3S/c1-10(2)11-3-5-17(6-4-11)13-12(9-15)18-7-8-19-14(18)16-13/h7-8,10-11H,3-6,9H2,1-2H3. The number of piperidine rings is 1. The number of anilines is 1. The van der Waals surface area contributed by atoms with Crippen molar-refractivity contribution >= 4 is 38.0 Å².